The number of carboxylic acid groups (broad SMARTS) is 1. The summed E-state index contributed by atoms with van der Waals surface area (Å²) in [6.07, 6.45) is 0. The first-order valence-corrected chi connectivity index (χ1v) is 8.11. The molecule has 100 valence electrons. The van der Waals surface area contributed by atoms with E-state index in [9.17, 15) is 9.59 Å². The van der Waals surface area contributed by atoms with Crippen LogP contribution in [-0.2, 0) is 16.1 Å². The molecular weight excluding hydrogens is 338 g/mol. The Balaban J connectivity index is 2.44. The summed E-state index contributed by atoms with van der Waals surface area (Å²) >= 11 is 6.12. The lowest BCUT2D eigenvalue weighted by Crippen LogP contribution is -2.31. The number of rotatable bonds is 7. The Labute approximate surface area is 122 Å². The largest absolute Gasteiger partial charge is 0.481 e. The Kier molecular flexibility index (Phi) is 6.73. The van der Waals surface area contributed by atoms with Crippen molar-refractivity contribution >= 4 is 50.9 Å². The van der Waals surface area contributed by atoms with Crippen LogP contribution >= 0.6 is 39.0 Å². The Morgan fingerprint density at radius 1 is 1.44 bits per heavy atom. The standard InChI is InChI=1S/C11H14BrNO3S2/c1-2-13(5-8-3-4-9(12)18-8)10(14)6-17-7-11(15)16/h3-4H,2,5-7H2,1H3,(H,15,16). The number of carbonyl (C=O) groups excluding carboxylic acids is 1. The highest BCUT2D eigenvalue weighted by Crippen LogP contribution is 2.23. The minimum absolute atomic E-state index is 0.0201. The number of hydrogen-bond donors (Lipinski definition) is 1. The molecule has 7 heteroatoms. The van der Waals surface area contributed by atoms with Crippen molar-refractivity contribution in [1.82, 2.24) is 4.90 Å². The number of halogens is 1. The minimum atomic E-state index is -0.891. The zero-order valence-electron chi connectivity index (χ0n) is 9.89. The second kappa shape index (κ2) is 7.81. The van der Waals surface area contributed by atoms with E-state index in [1.54, 1.807) is 16.2 Å². The third-order valence-electron chi connectivity index (χ3n) is 2.16. The van der Waals surface area contributed by atoms with Crippen LogP contribution < -0.4 is 0 Å². The van der Waals surface area contributed by atoms with Gasteiger partial charge in [0.2, 0.25) is 5.91 Å². The van der Waals surface area contributed by atoms with Crippen molar-refractivity contribution in [1.29, 1.82) is 0 Å². The van der Waals surface area contributed by atoms with E-state index in [0.29, 0.717) is 13.1 Å². The van der Waals surface area contributed by atoms with E-state index < -0.39 is 5.97 Å². The lowest BCUT2D eigenvalue weighted by molar-refractivity contribution is -0.133. The average molecular weight is 352 g/mol. The summed E-state index contributed by atoms with van der Waals surface area (Å²) in [5.74, 6) is -0.730. The SMILES string of the molecule is CCN(Cc1ccc(Br)s1)C(=O)CSCC(=O)O. The van der Waals surface area contributed by atoms with Crippen LogP contribution in [0.1, 0.15) is 11.8 Å². The van der Waals surface area contributed by atoms with Gasteiger partial charge in [0.1, 0.15) is 0 Å². The number of thiophene rings is 1. The first kappa shape index (κ1) is 15.5. The fourth-order valence-electron chi connectivity index (χ4n) is 1.32. The average Bonchev–Trinajstić information content (AvgIpc) is 2.71. The highest BCUT2D eigenvalue weighted by atomic mass is 79.9. The van der Waals surface area contributed by atoms with Crippen molar-refractivity contribution in [3.05, 3.63) is 20.8 Å². The number of nitrogens with zero attached hydrogens (tertiary/aromatic N) is 1. The predicted molar refractivity (Wildman–Crippen MR) is 78.1 cm³/mol. The van der Waals surface area contributed by atoms with Crippen molar-refractivity contribution in [2.45, 2.75) is 13.5 Å². The quantitative estimate of drug-likeness (QED) is 0.820. The molecule has 0 radical (unpaired) electrons. The number of amides is 1. The third-order valence-corrected chi connectivity index (χ3v) is 4.67. The van der Waals surface area contributed by atoms with Gasteiger partial charge in [-0.05, 0) is 35.0 Å². The smallest absolute Gasteiger partial charge is 0.313 e. The number of carboxylic acids is 1. The first-order chi connectivity index (χ1) is 8.52. The van der Waals surface area contributed by atoms with Gasteiger partial charge >= 0.3 is 5.97 Å². The highest BCUT2D eigenvalue weighted by Gasteiger charge is 2.13. The molecule has 0 unspecified atom stereocenters. The van der Waals surface area contributed by atoms with Crippen molar-refractivity contribution in [2.75, 3.05) is 18.1 Å². The fourth-order valence-corrected chi connectivity index (χ4v) is 3.45. The van der Waals surface area contributed by atoms with Gasteiger partial charge in [0.15, 0.2) is 0 Å². The minimum Gasteiger partial charge on any atom is -0.481 e. The van der Waals surface area contributed by atoms with Crippen LogP contribution in [0.2, 0.25) is 0 Å². The topological polar surface area (TPSA) is 57.6 Å². The molecule has 1 aromatic rings. The van der Waals surface area contributed by atoms with Gasteiger partial charge in [0.25, 0.3) is 0 Å². The molecule has 0 aliphatic carbocycles. The summed E-state index contributed by atoms with van der Waals surface area (Å²) in [4.78, 5) is 25.1. The molecule has 0 fully saturated rings. The molecule has 1 amide bonds. The normalized spacial score (nSPS) is 10.3. The maximum Gasteiger partial charge on any atom is 0.313 e. The molecule has 0 aromatic carbocycles. The van der Waals surface area contributed by atoms with Crippen molar-refractivity contribution in [3.8, 4) is 0 Å². The molecule has 1 heterocycles. The molecule has 0 spiro atoms. The summed E-state index contributed by atoms with van der Waals surface area (Å²) in [6.45, 7) is 3.13. The molecule has 0 saturated carbocycles. The first-order valence-electron chi connectivity index (χ1n) is 5.34. The number of thioether (sulfide) groups is 1. The Morgan fingerprint density at radius 3 is 2.67 bits per heavy atom. The molecule has 0 atom stereocenters. The number of aliphatic carboxylic acids is 1. The third kappa shape index (κ3) is 5.41. The monoisotopic (exact) mass is 351 g/mol. The zero-order valence-corrected chi connectivity index (χ0v) is 13.1. The van der Waals surface area contributed by atoms with Crippen LogP contribution in [0.5, 0.6) is 0 Å². The van der Waals surface area contributed by atoms with Crippen LogP contribution in [0, 0.1) is 0 Å². The maximum absolute atomic E-state index is 11.9. The van der Waals surface area contributed by atoms with Crippen molar-refractivity contribution < 1.29 is 14.7 Å². The summed E-state index contributed by atoms with van der Waals surface area (Å²) < 4.78 is 1.04. The van der Waals surface area contributed by atoms with Crippen LogP contribution in [0.25, 0.3) is 0 Å². The number of carbonyl (C=O) groups is 2. The van der Waals surface area contributed by atoms with Crippen LogP contribution in [0.3, 0.4) is 0 Å². The molecule has 1 rings (SSSR count). The molecule has 1 N–H and O–H groups in total. The molecule has 0 aliphatic heterocycles. The molecule has 4 nitrogen and oxygen atoms in total. The van der Waals surface area contributed by atoms with Gasteiger partial charge in [0.05, 0.1) is 21.8 Å². The van der Waals surface area contributed by atoms with Gasteiger partial charge in [0, 0.05) is 11.4 Å². The molecule has 0 saturated heterocycles. The van der Waals surface area contributed by atoms with E-state index in [4.69, 9.17) is 5.11 Å². The Bertz CT molecular complexity index is 422. The highest BCUT2D eigenvalue weighted by molar-refractivity contribution is 9.11. The van der Waals surface area contributed by atoms with Gasteiger partial charge in [-0.1, -0.05) is 0 Å². The van der Waals surface area contributed by atoms with E-state index in [1.807, 2.05) is 19.1 Å². The summed E-state index contributed by atoms with van der Waals surface area (Å²) in [5.41, 5.74) is 0. The van der Waals surface area contributed by atoms with E-state index in [1.165, 1.54) is 0 Å². The summed E-state index contributed by atoms with van der Waals surface area (Å²) in [5, 5.41) is 8.51. The van der Waals surface area contributed by atoms with Gasteiger partial charge in [-0.25, -0.2) is 0 Å². The second-order valence-electron chi connectivity index (χ2n) is 3.50. The van der Waals surface area contributed by atoms with Crippen LogP contribution in [-0.4, -0.2) is 39.9 Å². The van der Waals surface area contributed by atoms with Gasteiger partial charge < -0.3 is 10.0 Å². The molecule has 0 bridgehead atoms. The molecule has 0 aliphatic rings. The zero-order chi connectivity index (χ0) is 13.5. The Hall–Kier alpha value is -0.530. The van der Waals surface area contributed by atoms with E-state index in [0.717, 1.165) is 20.4 Å². The lowest BCUT2D eigenvalue weighted by Gasteiger charge is -2.19. The van der Waals surface area contributed by atoms with Crippen LogP contribution in [0.4, 0.5) is 0 Å². The molecular formula is C11H14BrNO3S2. The Morgan fingerprint density at radius 2 is 2.17 bits per heavy atom. The van der Waals surface area contributed by atoms with Gasteiger partial charge in [-0.15, -0.1) is 23.1 Å². The van der Waals surface area contributed by atoms with Gasteiger partial charge in [-0.2, -0.15) is 0 Å². The predicted octanol–water partition coefficient (Wildman–Crippen LogP) is 2.68. The maximum atomic E-state index is 11.9. The molecule has 18 heavy (non-hydrogen) atoms. The van der Waals surface area contributed by atoms with E-state index in [2.05, 4.69) is 15.9 Å². The lowest BCUT2D eigenvalue weighted by atomic mass is 10.4. The van der Waals surface area contributed by atoms with E-state index >= 15 is 0 Å². The summed E-state index contributed by atoms with van der Waals surface area (Å²) in [7, 11) is 0. The summed E-state index contributed by atoms with van der Waals surface area (Å²) in [6, 6.07) is 3.94. The molecule has 1 aromatic heterocycles. The van der Waals surface area contributed by atoms with Crippen molar-refractivity contribution in [2.24, 2.45) is 0 Å². The van der Waals surface area contributed by atoms with Crippen LogP contribution in [0.15, 0.2) is 15.9 Å². The fraction of sp³-hybridized carbons (Fsp3) is 0.455. The van der Waals surface area contributed by atoms with E-state index in [-0.39, 0.29) is 17.4 Å². The second-order valence-corrected chi connectivity index (χ2v) is 7.03. The number of hydrogen-bond acceptors (Lipinski definition) is 4. The van der Waals surface area contributed by atoms with Gasteiger partial charge in [-0.3, -0.25) is 9.59 Å². The van der Waals surface area contributed by atoms with Crippen molar-refractivity contribution in [3.63, 3.8) is 0 Å².